The van der Waals surface area contributed by atoms with Gasteiger partial charge in [0.15, 0.2) is 0 Å². The number of nitrogens with zero attached hydrogens (tertiary/aromatic N) is 3. The molecule has 8 heteroatoms. The molecule has 2 heterocycles. The summed E-state index contributed by atoms with van der Waals surface area (Å²) in [6.07, 6.45) is 3.90. The topological polar surface area (TPSA) is 67.2 Å². The molecule has 0 bridgehead atoms. The molecular weight excluding hydrogens is 330 g/mol. The molecule has 1 N–H and O–H groups in total. The average molecular weight is 348 g/mol. The van der Waals surface area contributed by atoms with Crippen molar-refractivity contribution in [2.45, 2.75) is 25.8 Å². The predicted molar refractivity (Wildman–Crippen MR) is 86.8 cm³/mol. The maximum absolute atomic E-state index is 13.7. The van der Waals surface area contributed by atoms with Crippen LogP contribution in [0.3, 0.4) is 0 Å². The Balaban J connectivity index is 1.61. The highest BCUT2D eigenvalue weighted by Crippen LogP contribution is 2.23. The minimum Gasteiger partial charge on any atom is -0.340 e. The molecule has 1 aromatic carbocycles. The molecule has 25 heavy (non-hydrogen) atoms. The Morgan fingerprint density at radius 1 is 1.36 bits per heavy atom. The van der Waals surface area contributed by atoms with Gasteiger partial charge in [0.05, 0.1) is 24.3 Å². The minimum absolute atomic E-state index is 0.00419. The van der Waals surface area contributed by atoms with Gasteiger partial charge in [-0.25, -0.2) is 8.78 Å². The highest BCUT2D eigenvalue weighted by atomic mass is 19.1. The second kappa shape index (κ2) is 7.00. The number of nitrogens with one attached hydrogen (secondary N) is 1. The van der Waals surface area contributed by atoms with E-state index in [0.717, 1.165) is 18.6 Å². The summed E-state index contributed by atoms with van der Waals surface area (Å²) in [5.74, 6) is -1.76. The number of halogens is 2. The van der Waals surface area contributed by atoms with Crippen LogP contribution in [0.15, 0.2) is 30.6 Å². The predicted octanol–water partition coefficient (Wildman–Crippen LogP) is 2.14. The molecular formula is C17H18F2N4O2. The van der Waals surface area contributed by atoms with Gasteiger partial charge >= 0.3 is 0 Å². The van der Waals surface area contributed by atoms with Crippen molar-refractivity contribution in [3.8, 4) is 0 Å². The molecule has 2 aromatic rings. The lowest BCUT2D eigenvalue weighted by Crippen LogP contribution is -2.30. The van der Waals surface area contributed by atoms with Crippen LogP contribution in [-0.2, 0) is 16.0 Å². The van der Waals surface area contributed by atoms with Gasteiger partial charge in [-0.05, 0) is 18.1 Å². The van der Waals surface area contributed by atoms with Crippen LogP contribution < -0.4 is 5.32 Å². The molecule has 6 nitrogen and oxygen atoms in total. The second-order valence-electron chi connectivity index (χ2n) is 6.08. The van der Waals surface area contributed by atoms with Crippen molar-refractivity contribution in [2.75, 3.05) is 18.4 Å². The highest BCUT2D eigenvalue weighted by molar-refractivity contribution is 5.88. The standard InChI is InChI=1S/C17H18F2N4O2/c1-11(24)21-14-8-20-23(9-14)15-4-5-22(10-15)17(25)6-12-2-3-13(18)7-16(12)19/h2-3,7-9,15H,4-6,10H2,1H3,(H,21,24). The van der Waals surface area contributed by atoms with E-state index in [1.807, 2.05) is 0 Å². The van der Waals surface area contributed by atoms with Crippen molar-refractivity contribution in [3.05, 3.63) is 47.8 Å². The van der Waals surface area contributed by atoms with Gasteiger partial charge in [-0.1, -0.05) is 6.07 Å². The van der Waals surface area contributed by atoms with E-state index in [1.165, 1.54) is 13.0 Å². The van der Waals surface area contributed by atoms with E-state index >= 15 is 0 Å². The second-order valence-corrected chi connectivity index (χ2v) is 6.08. The third-order valence-corrected chi connectivity index (χ3v) is 4.17. The maximum atomic E-state index is 13.7. The summed E-state index contributed by atoms with van der Waals surface area (Å²) in [5.41, 5.74) is 0.785. The molecule has 1 unspecified atom stereocenters. The van der Waals surface area contributed by atoms with Gasteiger partial charge in [-0.3, -0.25) is 14.3 Å². The number of carbonyl (C=O) groups is 2. The SMILES string of the molecule is CC(=O)Nc1cnn(C2CCN(C(=O)Cc3ccc(F)cc3F)C2)c1. The zero-order valence-electron chi connectivity index (χ0n) is 13.7. The highest BCUT2D eigenvalue weighted by Gasteiger charge is 2.28. The number of aromatic nitrogens is 2. The van der Waals surface area contributed by atoms with Crippen molar-refractivity contribution >= 4 is 17.5 Å². The zero-order valence-corrected chi connectivity index (χ0v) is 13.7. The zero-order chi connectivity index (χ0) is 18.0. The van der Waals surface area contributed by atoms with E-state index in [2.05, 4.69) is 10.4 Å². The number of hydrogen-bond donors (Lipinski definition) is 1. The van der Waals surface area contributed by atoms with Gasteiger partial charge in [0.25, 0.3) is 0 Å². The third kappa shape index (κ3) is 4.01. The fourth-order valence-corrected chi connectivity index (χ4v) is 2.93. The van der Waals surface area contributed by atoms with E-state index in [4.69, 9.17) is 0 Å². The van der Waals surface area contributed by atoms with Crippen LogP contribution in [0.25, 0.3) is 0 Å². The van der Waals surface area contributed by atoms with Crippen LogP contribution in [0.2, 0.25) is 0 Å². The van der Waals surface area contributed by atoms with Crippen molar-refractivity contribution in [3.63, 3.8) is 0 Å². The first kappa shape index (κ1) is 17.1. The molecule has 1 atom stereocenters. The lowest BCUT2D eigenvalue weighted by atomic mass is 10.1. The van der Waals surface area contributed by atoms with Gasteiger partial charge in [0.2, 0.25) is 11.8 Å². The molecule has 1 fully saturated rings. The maximum Gasteiger partial charge on any atom is 0.227 e. The summed E-state index contributed by atoms with van der Waals surface area (Å²) < 4.78 is 28.3. The first-order valence-electron chi connectivity index (χ1n) is 7.96. The smallest absolute Gasteiger partial charge is 0.227 e. The Kier molecular flexibility index (Phi) is 4.78. The molecule has 132 valence electrons. The van der Waals surface area contributed by atoms with Gasteiger partial charge in [-0.15, -0.1) is 0 Å². The molecule has 0 spiro atoms. The van der Waals surface area contributed by atoms with Gasteiger partial charge in [-0.2, -0.15) is 5.10 Å². The van der Waals surface area contributed by atoms with Crippen LogP contribution in [0, 0.1) is 11.6 Å². The van der Waals surface area contributed by atoms with Crippen LogP contribution in [0.5, 0.6) is 0 Å². The fraction of sp³-hybridized carbons (Fsp3) is 0.353. The van der Waals surface area contributed by atoms with E-state index in [9.17, 15) is 18.4 Å². The normalized spacial score (nSPS) is 16.9. The monoisotopic (exact) mass is 348 g/mol. The third-order valence-electron chi connectivity index (χ3n) is 4.17. The largest absolute Gasteiger partial charge is 0.340 e. The first-order chi connectivity index (χ1) is 11.9. The number of benzene rings is 1. The van der Waals surface area contributed by atoms with Crippen molar-refractivity contribution in [1.82, 2.24) is 14.7 Å². The van der Waals surface area contributed by atoms with E-state index in [-0.39, 0.29) is 29.8 Å². The molecule has 1 aromatic heterocycles. The summed E-state index contributed by atoms with van der Waals surface area (Å²) in [7, 11) is 0. The number of anilines is 1. The lowest BCUT2D eigenvalue weighted by molar-refractivity contribution is -0.129. The quantitative estimate of drug-likeness (QED) is 0.920. The first-order valence-corrected chi connectivity index (χ1v) is 7.96. The number of likely N-dealkylation sites (tertiary alicyclic amines) is 1. The van der Waals surface area contributed by atoms with E-state index in [0.29, 0.717) is 18.8 Å². The van der Waals surface area contributed by atoms with Gasteiger partial charge in [0, 0.05) is 32.3 Å². The lowest BCUT2D eigenvalue weighted by Gasteiger charge is -2.17. The number of hydrogen-bond acceptors (Lipinski definition) is 3. The summed E-state index contributed by atoms with van der Waals surface area (Å²) in [5, 5.41) is 6.87. The van der Waals surface area contributed by atoms with E-state index in [1.54, 1.807) is 22.0 Å². The van der Waals surface area contributed by atoms with Crippen molar-refractivity contribution < 1.29 is 18.4 Å². The Morgan fingerprint density at radius 3 is 2.88 bits per heavy atom. The van der Waals surface area contributed by atoms with Gasteiger partial charge in [0.1, 0.15) is 11.6 Å². The molecule has 0 aliphatic carbocycles. The summed E-state index contributed by atoms with van der Waals surface area (Å²) in [6.45, 7) is 2.42. The molecule has 1 aliphatic heterocycles. The van der Waals surface area contributed by atoms with E-state index < -0.39 is 11.6 Å². The average Bonchev–Trinajstić information content (AvgIpc) is 3.18. The minimum atomic E-state index is -0.712. The Morgan fingerprint density at radius 2 is 2.16 bits per heavy atom. The number of carbonyl (C=O) groups excluding carboxylic acids is 2. The number of rotatable bonds is 4. The summed E-state index contributed by atoms with van der Waals surface area (Å²) in [6, 6.07) is 3.22. The van der Waals surface area contributed by atoms with Gasteiger partial charge < -0.3 is 10.2 Å². The molecule has 1 saturated heterocycles. The molecule has 3 rings (SSSR count). The summed E-state index contributed by atoms with van der Waals surface area (Å²) in [4.78, 5) is 25.1. The summed E-state index contributed by atoms with van der Waals surface area (Å²) >= 11 is 0. The van der Waals surface area contributed by atoms with Crippen LogP contribution in [-0.4, -0.2) is 39.6 Å². The van der Waals surface area contributed by atoms with Crippen LogP contribution in [0.4, 0.5) is 14.5 Å². The fourth-order valence-electron chi connectivity index (χ4n) is 2.93. The number of amides is 2. The van der Waals surface area contributed by atoms with Crippen molar-refractivity contribution in [1.29, 1.82) is 0 Å². The Labute approximate surface area is 143 Å². The Bertz CT molecular complexity index is 806. The van der Waals surface area contributed by atoms with Crippen molar-refractivity contribution in [2.24, 2.45) is 0 Å². The molecule has 2 amide bonds. The van der Waals surface area contributed by atoms with Crippen LogP contribution in [0.1, 0.15) is 24.9 Å². The molecule has 0 saturated carbocycles. The van der Waals surface area contributed by atoms with Crippen LogP contribution >= 0.6 is 0 Å². The Hall–Kier alpha value is -2.77. The molecule has 0 radical (unpaired) electrons. The molecule has 1 aliphatic rings.